The monoisotopic (exact) mass is 444 g/mol. The molecule has 6 nitrogen and oxygen atoms in total. The highest BCUT2D eigenvalue weighted by molar-refractivity contribution is 7.82. The molecule has 0 saturated heterocycles. The number of thiophene rings is 1. The Kier molecular flexibility index (Phi) is 6.95. The quantitative estimate of drug-likeness (QED) is 0.566. The van der Waals surface area contributed by atoms with Crippen molar-refractivity contribution in [1.82, 2.24) is 4.31 Å². The molecule has 0 aliphatic heterocycles. The fourth-order valence-corrected chi connectivity index (χ4v) is 4.54. The standard InChI is InChI=1S/C21H17FN2O4S2/c1-24(30(27)17-6-3-15(22)4-7-17)12-14-2-8-19(28-13-21(25)26)18(10-14)20-9-5-16(11-23)29-20/h2-10H,12-13H2,1H3,(H,25,26). The van der Waals surface area contributed by atoms with Crippen molar-refractivity contribution in [3.8, 4) is 22.3 Å². The summed E-state index contributed by atoms with van der Waals surface area (Å²) in [6.07, 6.45) is 0. The molecule has 3 rings (SSSR count). The normalized spacial score (nSPS) is 11.8. The van der Waals surface area contributed by atoms with Crippen molar-refractivity contribution in [1.29, 1.82) is 5.26 Å². The first kappa shape index (κ1) is 21.6. The minimum absolute atomic E-state index is 0.326. The lowest BCUT2D eigenvalue weighted by atomic mass is 10.1. The zero-order valence-corrected chi connectivity index (χ0v) is 17.5. The van der Waals surface area contributed by atoms with E-state index >= 15 is 0 Å². The van der Waals surface area contributed by atoms with Crippen molar-refractivity contribution in [2.75, 3.05) is 13.7 Å². The number of carboxylic acid groups (broad SMARTS) is 1. The average molecular weight is 445 g/mol. The first-order valence-corrected chi connectivity index (χ1v) is 10.7. The van der Waals surface area contributed by atoms with Crippen LogP contribution in [0.1, 0.15) is 10.4 Å². The molecular weight excluding hydrogens is 427 g/mol. The van der Waals surface area contributed by atoms with E-state index in [0.717, 1.165) is 10.4 Å². The molecule has 0 radical (unpaired) electrons. The van der Waals surface area contributed by atoms with E-state index in [9.17, 15) is 13.4 Å². The predicted octanol–water partition coefficient (Wildman–Crippen LogP) is 4.04. The molecule has 2 aromatic carbocycles. The van der Waals surface area contributed by atoms with Crippen LogP contribution in [-0.2, 0) is 22.3 Å². The highest BCUT2D eigenvalue weighted by atomic mass is 32.2. The summed E-state index contributed by atoms with van der Waals surface area (Å²) in [6, 6.07) is 16.3. The Morgan fingerprint density at radius 1 is 1.23 bits per heavy atom. The van der Waals surface area contributed by atoms with Gasteiger partial charge >= 0.3 is 5.97 Å². The smallest absolute Gasteiger partial charge is 0.341 e. The van der Waals surface area contributed by atoms with Gasteiger partial charge < -0.3 is 9.84 Å². The van der Waals surface area contributed by atoms with E-state index in [0.29, 0.717) is 27.6 Å². The van der Waals surface area contributed by atoms with E-state index in [-0.39, 0.29) is 0 Å². The molecule has 0 bridgehead atoms. The third-order valence-electron chi connectivity index (χ3n) is 4.08. The zero-order valence-electron chi connectivity index (χ0n) is 15.9. The van der Waals surface area contributed by atoms with Gasteiger partial charge in [-0.05, 0) is 54.1 Å². The Morgan fingerprint density at radius 3 is 2.60 bits per heavy atom. The first-order valence-electron chi connectivity index (χ1n) is 8.74. The maximum atomic E-state index is 13.1. The molecule has 1 aromatic heterocycles. The van der Waals surface area contributed by atoms with Crippen molar-refractivity contribution in [3.05, 3.63) is 70.9 Å². The van der Waals surface area contributed by atoms with E-state index < -0.39 is 29.4 Å². The zero-order chi connectivity index (χ0) is 21.7. The maximum Gasteiger partial charge on any atom is 0.341 e. The summed E-state index contributed by atoms with van der Waals surface area (Å²) < 4.78 is 32.8. The number of nitriles is 1. The number of halogens is 1. The lowest BCUT2D eigenvalue weighted by Crippen LogP contribution is -2.21. The highest BCUT2D eigenvalue weighted by Gasteiger charge is 2.15. The van der Waals surface area contributed by atoms with Gasteiger partial charge in [0.05, 0.1) is 4.90 Å². The van der Waals surface area contributed by atoms with Crippen LogP contribution in [0.5, 0.6) is 5.75 Å². The van der Waals surface area contributed by atoms with Gasteiger partial charge in [-0.2, -0.15) is 5.26 Å². The SMILES string of the molecule is CN(Cc1ccc(OCC(=O)O)c(-c2ccc(C#N)s2)c1)S(=O)c1ccc(F)cc1. The number of benzene rings is 2. The average Bonchev–Trinajstić information content (AvgIpc) is 3.22. The molecule has 0 fully saturated rings. The summed E-state index contributed by atoms with van der Waals surface area (Å²) in [5, 5.41) is 18.0. The summed E-state index contributed by atoms with van der Waals surface area (Å²) in [6.45, 7) is -0.163. The van der Waals surface area contributed by atoms with E-state index in [4.69, 9.17) is 15.1 Å². The van der Waals surface area contributed by atoms with Gasteiger partial charge in [0.2, 0.25) is 0 Å². The largest absolute Gasteiger partial charge is 0.481 e. The van der Waals surface area contributed by atoms with Crippen LogP contribution in [0.3, 0.4) is 0 Å². The Hall–Kier alpha value is -3.06. The van der Waals surface area contributed by atoms with E-state index in [2.05, 4.69) is 6.07 Å². The summed E-state index contributed by atoms with van der Waals surface area (Å²) >= 11 is 1.27. The third kappa shape index (κ3) is 5.30. The van der Waals surface area contributed by atoms with Crippen molar-refractivity contribution < 1.29 is 23.2 Å². The van der Waals surface area contributed by atoms with Crippen LogP contribution in [0, 0.1) is 17.1 Å². The van der Waals surface area contributed by atoms with Crippen LogP contribution >= 0.6 is 11.3 Å². The topological polar surface area (TPSA) is 90.6 Å². The van der Waals surface area contributed by atoms with Crippen molar-refractivity contribution in [3.63, 3.8) is 0 Å². The Labute approximate surface area is 179 Å². The number of nitrogens with zero attached hydrogens (tertiary/aromatic N) is 2. The molecule has 3 aromatic rings. The second-order valence-corrected chi connectivity index (χ2v) is 8.95. The lowest BCUT2D eigenvalue weighted by molar-refractivity contribution is -0.139. The van der Waals surface area contributed by atoms with Crippen molar-refractivity contribution >= 4 is 28.3 Å². The molecule has 154 valence electrons. The van der Waals surface area contributed by atoms with Gasteiger partial charge in [-0.1, -0.05) is 6.07 Å². The minimum Gasteiger partial charge on any atom is -0.481 e. The third-order valence-corrected chi connectivity index (χ3v) is 6.47. The Morgan fingerprint density at radius 2 is 1.97 bits per heavy atom. The Balaban J connectivity index is 1.86. The summed E-state index contributed by atoms with van der Waals surface area (Å²) in [5.74, 6) is -1.11. The van der Waals surface area contributed by atoms with Crippen LogP contribution in [0.4, 0.5) is 4.39 Å². The van der Waals surface area contributed by atoms with Crippen LogP contribution < -0.4 is 4.74 Å². The summed E-state index contributed by atoms with van der Waals surface area (Å²) in [7, 11) is 0.204. The molecule has 0 amide bonds. The number of carboxylic acids is 1. The van der Waals surface area contributed by atoms with Crippen molar-refractivity contribution in [2.45, 2.75) is 11.4 Å². The van der Waals surface area contributed by atoms with Gasteiger partial charge in [-0.15, -0.1) is 11.3 Å². The molecule has 0 spiro atoms. The number of hydrogen-bond acceptors (Lipinski definition) is 5. The van der Waals surface area contributed by atoms with Gasteiger partial charge in [0.15, 0.2) is 6.61 Å². The molecule has 0 saturated carbocycles. The molecule has 1 heterocycles. The summed E-state index contributed by atoms with van der Waals surface area (Å²) in [5.41, 5.74) is 1.47. The van der Waals surface area contributed by atoms with Crippen molar-refractivity contribution in [2.24, 2.45) is 0 Å². The van der Waals surface area contributed by atoms with Gasteiger partial charge in [-0.25, -0.2) is 17.7 Å². The number of rotatable bonds is 8. The number of hydrogen-bond donors (Lipinski definition) is 1. The van der Waals surface area contributed by atoms with Crippen LogP contribution in [-0.4, -0.2) is 33.2 Å². The van der Waals surface area contributed by atoms with Crippen LogP contribution in [0.2, 0.25) is 0 Å². The molecule has 1 unspecified atom stereocenters. The maximum absolute atomic E-state index is 13.1. The van der Waals surface area contributed by atoms with Crippen LogP contribution in [0.15, 0.2) is 59.5 Å². The van der Waals surface area contributed by atoms with E-state index in [1.165, 1.54) is 35.6 Å². The first-order chi connectivity index (χ1) is 14.4. The van der Waals surface area contributed by atoms with Gasteiger partial charge in [0, 0.05) is 24.0 Å². The molecule has 0 aliphatic carbocycles. The fraction of sp³-hybridized carbons (Fsp3) is 0.143. The van der Waals surface area contributed by atoms with Gasteiger partial charge in [-0.3, -0.25) is 0 Å². The molecule has 1 N–H and O–H groups in total. The van der Waals surface area contributed by atoms with E-state index in [1.54, 1.807) is 35.6 Å². The van der Waals surface area contributed by atoms with Gasteiger partial charge in [0.25, 0.3) is 0 Å². The molecule has 30 heavy (non-hydrogen) atoms. The predicted molar refractivity (Wildman–Crippen MR) is 112 cm³/mol. The molecule has 1 atom stereocenters. The number of ether oxygens (including phenoxy) is 1. The Bertz CT molecular complexity index is 1120. The lowest BCUT2D eigenvalue weighted by Gasteiger charge is -2.17. The summed E-state index contributed by atoms with van der Waals surface area (Å²) in [4.78, 5) is 12.7. The number of carbonyl (C=O) groups is 1. The molecular formula is C21H17FN2O4S2. The highest BCUT2D eigenvalue weighted by Crippen LogP contribution is 2.36. The van der Waals surface area contributed by atoms with Crippen LogP contribution in [0.25, 0.3) is 10.4 Å². The van der Waals surface area contributed by atoms with E-state index in [1.807, 2.05) is 6.07 Å². The van der Waals surface area contributed by atoms with Gasteiger partial charge in [0.1, 0.15) is 33.5 Å². The fourth-order valence-electron chi connectivity index (χ4n) is 2.72. The second-order valence-electron chi connectivity index (χ2n) is 6.28. The second kappa shape index (κ2) is 9.63. The molecule has 9 heteroatoms. The molecule has 0 aliphatic rings. The number of aliphatic carboxylic acids is 1. The minimum atomic E-state index is -1.48.